The number of esters is 1. The van der Waals surface area contributed by atoms with E-state index in [2.05, 4.69) is 20.9 Å². The minimum atomic E-state index is -0.766. The summed E-state index contributed by atoms with van der Waals surface area (Å²) in [5, 5.41) is 0. The predicted molar refractivity (Wildman–Crippen MR) is 140 cm³/mol. The highest BCUT2D eigenvalue weighted by Crippen LogP contribution is 2.38. The molecule has 0 aliphatic carbocycles. The van der Waals surface area contributed by atoms with Crippen LogP contribution in [0.15, 0.2) is 55.9 Å². The van der Waals surface area contributed by atoms with Gasteiger partial charge in [0.25, 0.3) is 5.56 Å². The van der Waals surface area contributed by atoms with Crippen LogP contribution in [0.1, 0.15) is 31.0 Å². The van der Waals surface area contributed by atoms with Gasteiger partial charge in [-0.25, -0.2) is 9.79 Å². The number of carbonyl (C=O) groups is 1. The highest BCUT2D eigenvalue weighted by Gasteiger charge is 2.34. The maximum absolute atomic E-state index is 13.8. The number of carbonyl (C=O) groups excluding carboxylic acids is 1. The first-order valence-corrected chi connectivity index (χ1v) is 13.0. The van der Waals surface area contributed by atoms with Gasteiger partial charge in [-0.15, -0.1) is 0 Å². The van der Waals surface area contributed by atoms with Crippen molar-refractivity contribution in [1.29, 1.82) is 0 Å². The van der Waals surface area contributed by atoms with Crippen LogP contribution >= 0.6 is 27.3 Å². The molecule has 2 aliphatic heterocycles. The minimum absolute atomic E-state index is 0.147. The number of hydrogen-bond acceptors (Lipinski definition) is 9. The van der Waals surface area contributed by atoms with E-state index in [1.807, 2.05) is 6.07 Å². The van der Waals surface area contributed by atoms with Gasteiger partial charge in [-0.1, -0.05) is 33.3 Å². The number of aromatic nitrogens is 1. The molecule has 0 radical (unpaired) electrons. The van der Waals surface area contributed by atoms with E-state index in [4.69, 9.17) is 23.7 Å². The maximum atomic E-state index is 13.8. The topological polar surface area (TPSA) is 97.6 Å². The molecule has 3 aromatic rings. The van der Waals surface area contributed by atoms with Gasteiger partial charge < -0.3 is 23.7 Å². The summed E-state index contributed by atoms with van der Waals surface area (Å²) < 4.78 is 29.9. The number of hydrogen-bond donors (Lipinski definition) is 0. The molecule has 0 spiro atoms. The zero-order valence-corrected chi connectivity index (χ0v) is 22.9. The number of ether oxygens (including phenoxy) is 5. The molecule has 11 heteroatoms. The third kappa shape index (κ3) is 4.42. The molecule has 3 heterocycles. The molecule has 1 aromatic heterocycles. The second-order valence-corrected chi connectivity index (χ2v) is 10.0. The predicted octanol–water partition coefficient (Wildman–Crippen LogP) is 3.31. The quantitative estimate of drug-likeness (QED) is 0.409. The Hall–Kier alpha value is -3.57. The van der Waals surface area contributed by atoms with Crippen molar-refractivity contribution in [2.24, 2.45) is 4.99 Å². The van der Waals surface area contributed by atoms with Crippen molar-refractivity contribution in [2.75, 3.05) is 27.6 Å². The fourth-order valence-electron chi connectivity index (χ4n) is 4.31. The Bertz CT molecular complexity index is 1620. The average Bonchev–Trinajstić information content (AvgIpc) is 3.46. The molecule has 0 bridgehead atoms. The van der Waals surface area contributed by atoms with E-state index in [-0.39, 0.29) is 24.5 Å². The summed E-state index contributed by atoms with van der Waals surface area (Å²) in [7, 11) is 3.08. The van der Waals surface area contributed by atoms with E-state index in [0.29, 0.717) is 43.6 Å². The van der Waals surface area contributed by atoms with Crippen molar-refractivity contribution in [3.8, 4) is 23.0 Å². The molecule has 2 aromatic carbocycles. The van der Waals surface area contributed by atoms with Crippen LogP contribution in [0.5, 0.6) is 23.0 Å². The molecular weight excluding hydrogens is 564 g/mol. The van der Waals surface area contributed by atoms with Crippen molar-refractivity contribution in [2.45, 2.75) is 19.9 Å². The Labute approximate surface area is 224 Å². The number of rotatable bonds is 6. The molecular formula is C26H23BrN2O7S. The molecule has 0 amide bonds. The van der Waals surface area contributed by atoms with Crippen LogP contribution in [0.4, 0.5) is 0 Å². The molecule has 37 heavy (non-hydrogen) atoms. The lowest BCUT2D eigenvalue weighted by Crippen LogP contribution is -2.40. The van der Waals surface area contributed by atoms with Crippen LogP contribution in [0.3, 0.4) is 0 Å². The first-order valence-electron chi connectivity index (χ1n) is 11.4. The number of allylic oxidation sites excluding steroid dienone is 1. The zero-order chi connectivity index (χ0) is 26.3. The van der Waals surface area contributed by atoms with Gasteiger partial charge in [0, 0.05) is 4.47 Å². The Balaban J connectivity index is 1.72. The van der Waals surface area contributed by atoms with Crippen molar-refractivity contribution >= 4 is 39.3 Å². The van der Waals surface area contributed by atoms with E-state index < -0.39 is 12.0 Å². The standard InChI is InChI=1S/C26H23BrN2O7S/c1-5-34-25(31)22-13(2)28-26-29(23(22)14-6-7-17(32-3)18(8-14)33-4)24(30)21(37-26)10-15-9-19-20(11-16(15)27)36-12-35-19/h6-11,23H,5,12H2,1-4H3/b21-10-/t23-/m0/s1. The molecule has 9 nitrogen and oxygen atoms in total. The van der Waals surface area contributed by atoms with E-state index in [0.717, 1.165) is 10.0 Å². The van der Waals surface area contributed by atoms with Crippen LogP contribution in [0.2, 0.25) is 0 Å². The van der Waals surface area contributed by atoms with Crippen molar-refractivity contribution in [3.05, 3.63) is 76.9 Å². The molecule has 0 fully saturated rings. The van der Waals surface area contributed by atoms with E-state index >= 15 is 0 Å². The van der Waals surface area contributed by atoms with Crippen LogP contribution in [0, 0.1) is 0 Å². The average molecular weight is 587 g/mol. The van der Waals surface area contributed by atoms with E-state index in [1.54, 1.807) is 51.3 Å². The maximum Gasteiger partial charge on any atom is 0.338 e. The normalized spacial score (nSPS) is 16.4. The number of thiazole rings is 1. The Morgan fingerprint density at radius 2 is 1.92 bits per heavy atom. The van der Waals surface area contributed by atoms with Crippen molar-refractivity contribution in [3.63, 3.8) is 0 Å². The number of halogens is 1. The molecule has 0 saturated carbocycles. The summed E-state index contributed by atoms with van der Waals surface area (Å²) in [5.41, 5.74) is 1.89. The Kier molecular flexibility index (Phi) is 6.82. The number of methoxy groups -OCH3 is 2. The monoisotopic (exact) mass is 586 g/mol. The lowest BCUT2D eigenvalue weighted by molar-refractivity contribution is -0.139. The highest BCUT2D eigenvalue weighted by molar-refractivity contribution is 9.10. The molecule has 5 rings (SSSR count). The third-order valence-electron chi connectivity index (χ3n) is 6.02. The SMILES string of the molecule is CCOC(=O)C1=C(C)N=c2s/c(=C\c3cc4c(cc3Br)OCO4)c(=O)n2[C@H]1c1ccc(OC)c(OC)c1. The summed E-state index contributed by atoms with van der Waals surface area (Å²) >= 11 is 4.79. The summed E-state index contributed by atoms with van der Waals surface area (Å²) in [4.78, 5) is 32.0. The number of benzene rings is 2. The lowest BCUT2D eigenvalue weighted by Gasteiger charge is -2.25. The molecule has 0 N–H and O–H groups in total. The molecule has 1 atom stereocenters. The summed E-state index contributed by atoms with van der Waals surface area (Å²) in [6.45, 7) is 3.81. The fourth-order valence-corrected chi connectivity index (χ4v) is 5.79. The number of nitrogens with zero attached hydrogens (tertiary/aromatic N) is 2. The van der Waals surface area contributed by atoms with Crippen LogP contribution in [-0.2, 0) is 9.53 Å². The lowest BCUT2D eigenvalue weighted by atomic mass is 9.95. The van der Waals surface area contributed by atoms with Gasteiger partial charge in [0.15, 0.2) is 27.8 Å². The van der Waals surface area contributed by atoms with Gasteiger partial charge in [0.05, 0.1) is 42.7 Å². The summed E-state index contributed by atoms with van der Waals surface area (Å²) in [6.07, 6.45) is 1.77. The smallest absolute Gasteiger partial charge is 0.338 e. The molecule has 0 saturated heterocycles. The van der Waals surface area contributed by atoms with Gasteiger partial charge in [0.1, 0.15) is 0 Å². The fraction of sp³-hybridized carbons (Fsp3) is 0.269. The van der Waals surface area contributed by atoms with E-state index in [9.17, 15) is 9.59 Å². The molecule has 192 valence electrons. The zero-order valence-electron chi connectivity index (χ0n) is 20.5. The van der Waals surface area contributed by atoms with Gasteiger partial charge in [-0.05, 0) is 55.3 Å². The second kappa shape index (κ2) is 10.1. The van der Waals surface area contributed by atoms with Crippen LogP contribution in [0.25, 0.3) is 6.08 Å². The van der Waals surface area contributed by atoms with Crippen molar-refractivity contribution < 1.29 is 28.5 Å². The minimum Gasteiger partial charge on any atom is -0.493 e. The van der Waals surface area contributed by atoms with Gasteiger partial charge in [0.2, 0.25) is 6.79 Å². The number of fused-ring (bicyclic) bond motifs is 2. The molecule has 0 unspecified atom stereocenters. The Morgan fingerprint density at radius 1 is 1.19 bits per heavy atom. The van der Waals surface area contributed by atoms with Crippen LogP contribution < -0.4 is 33.8 Å². The van der Waals surface area contributed by atoms with E-state index in [1.165, 1.54) is 23.0 Å². The molecule has 2 aliphatic rings. The van der Waals surface area contributed by atoms with Gasteiger partial charge in [-0.2, -0.15) is 0 Å². The van der Waals surface area contributed by atoms with Gasteiger partial charge >= 0.3 is 5.97 Å². The third-order valence-corrected chi connectivity index (χ3v) is 7.69. The Morgan fingerprint density at radius 3 is 2.62 bits per heavy atom. The largest absolute Gasteiger partial charge is 0.493 e. The van der Waals surface area contributed by atoms with Gasteiger partial charge in [-0.3, -0.25) is 9.36 Å². The summed E-state index contributed by atoms with van der Waals surface area (Å²) in [6, 6.07) is 8.15. The first-order chi connectivity index (χ1) is 17.9. The van der Waals surface area contributed by atoms with Crippen molar-refractivity contribution in [1.82, 2.24) is 4.57 Å². The summed E-state index contributed by atoms with van der Waals surface area (Å²) in [5.74, 6) is 1.71. The second-order valence-electron chi connectivity index (χ2n) is 8.14. The first kappa shape index (κ1) is 25.1. The van der Waals surface area contributed by atoms with Crippen LogP contribution in [-0.4, -0.2) is 38.2 Å². The highest BCUT2D eigenvalue weighted by atomic mass is 79.9.